The molecule has 8 heteroatoms. The lowest BCUT2D eigenvalue weighted by Gasteiger charge is -2.28. The van der Waals surface area contributed by atoms with Gasteiger partial charge in [0.2, 0.25) is 0 Å². The Kier molecular flexibility index (Phi) is 6.83. The largest absolute Gasteiger partial charge is 0.488 e. The summed E-state index contributed by atoms with van der Waals surface area (Å²) in [4.78, 5) is 26.9. The van der Waals surface area contributed by atoms with Crippen LogP contribution in [0.2, 0.25) is 0 Å². The molecule has 1 aliphatic heterocycles. The van der Waals surface area contributed by atoms with Crippen molar-refractivity contribution in [3.8, 4) is 5.75 Å². The van der Waals surface area contributed by atoms with Crippen LogP contribution in [0.4, 0.5) is 5.69 Å². The van der Waals surface area contributed by atoms with Crippen LogP contribution in [0.15, 0.2) is 87.3 Å². The van der Waals surface area contributed by atoms with Gasteiger partial charge in [0.05, 0.1) is 10.2 Å². The minimum atomic E-state index is -0.530. The highest BCUT2D eigenvalue weighted by atomic mass is 79.9. The summed E-state index contributed by atoms with van der Waals surface area (Å²) in [5, 5.41) is 2.64. The molecule has 1 aliphatic rings. The van der Waals surface area contributed by atoms with Gasteiger partial charge in [0.25, 0.3) is 11.8 Å². The zero-order chi connectivity index (χ0) is 22.7. The summed E-state index contributed by atoms with van der Waals surface area (Å²) in [5.74, 6) is -0.359. The molecule has 0 spiro atoms. The maximum Gasteiger partial charge on any atom is 0.270 e. The number of nitrogens with zero attached hydrogens (tertiary/aromatic N) is 1. The maximum absolute atomic E-state index is 13.1. The zero-order valence-electron chi connectivity index (χ0n) is 16.5. The molecule has 3 aromatic rings. The van der Waals surface area contributed by atoms with E-state index in [0.717, 1.165) is 10.0 Å². The summed E-state index contributed by atoms with van der Waals surface area (Å²) < 4.78 is 7.59. The number of ether oxygens (including phenoxy) is 1. The Balaban J connectivity index is 1.56. The molecule has 1 heterocycles. The molecule has 1 saturated heterocycles. The van der Waals surface area contributed by atoms with Crippen LogP contribution in [0.1, 0.15) is 11.1 Å². The van der Waals surface area contributed by atoms with E-state index in [4.69, 9.17) is 17.0 Å². The number of para-hydroxylation sites is 1. The van der Waals surface area contributed by atoms with E-state index in [-0.39, 0.29) is 10.7 Å². The summed E-state index contributed by atoms with van der Waals surface area (Å²) in [5.41, 5.74) is 2.28. The molecule has 32 heavy (non-hydrogen) atoms. The average Bonchev–Trinajstić information content (AvgIpc) is 2.78. The zero-order valence-corrected chi connectivity index (χ0v) is 20.5. The number of halogens is 2. The van der Waals surface area contributed by atoms with Crippen molar-refractivity contribution in [1.29, 1.82) is 0 Å². The van der Waals surface area contributed by atoms with Gasteiger partial charge in [-0.3, -0.25) is 19.8 Å². The van der Waals surface area contributed by atoms with Crippen molar-refractivity contribution >= 4 is 72.8 Å². The third-order valence-corrected chi connectivity index (χ3v) is 6.40. The normalized spacial score (nSPS) is 15.1. The molecular weight excluding hydrogens is 556 g/mol. The molecule has 0 radical (unpaired) electrons. The van der Waals surface area contributed by atoms with Crippen molar-refractivity contribution in [2.75, 3.05) is 4.90 Å². The van der Waals surface area contributed by atoms with Crippen LogP contribution in [0, 0.1) is 0 Å². The Morgan fingerprint density at radius 1 is 0.938 bits per heavy atom. The number of anilines is 1. The van der Waals surface area contributed by atoms with Crippen molar-refractivity contribution in [1.82, 2.24) is 5.32 Å². The van der Waals surface area contributed by atoms with Gasteiger partial charge in [0, 0.05) is 10.0 Å². The first kappa shape index (κ1) is 22.4. The number of rotatable bonds is 5. The lowest BCUT2D eigenvalue weighted by atomic mass is 10.1. The minimum Gasteiger partial charge on any atom is -0.488 e. The highest BCUT2D eigenvalue weighted by Crippen LogP contribution is 2.29. The van der Waals surface area contributed by atoms with Gasteiger partial charge in [0.1, 0.15) is 17.9 Å². The number of hydrogen-bond donors (Lipinski definition) is 1. The van der Waals surface area contributed by atoms with Crippen LogP contribution < -0.4 is 15.0 Å². The molecule has 1 fully saturated rings. The second-order valence-corrected chi connectivity index (χ2v) is 8.96. The molecule has 0 aromatic heterocycles. The third kappa shape index (κ3) is 4.82. The van der Waals surface area contributed by atoms with E-state index < -0.39 is 11.8 Å². The highest BCUT2D eigenvalue weighted by molar-refractivity contribution is 9.10. The fourth-order valence-corrected chi connectivity index (χ4v) is 4.32. The Bertz CT molecular complexity index is 1250. The molecule has 4 rings (SSSR count). The molecular formula is C24H16Br2N2O3S. The van der Waals surface area contributed by atoms with Crippen molar-refractivity contribution in [3.63, 3.8) is 0 Å². The quantitative estimate of drug-likeness (QED) is 0.245. The van der Waals surface area contributed by atoms with Crippen LogP contribution in [0.3, 0.4) is 0 Å². The third-order valence-electron chi connectivity index (χ3n) is 4.72. The number of thiocarbonyl (C=S) groups is 1. The Hall–Kier alpha value is -2.81. The topological polar surface area (TPSA) is 58.6 Å². The Labute approximate surface area is 207 Å². The smallest absolute Gasteiger partial charge is 0.270 e. The fraction of sp³-hybridized carbons (Fsp3) is 0.0417. The summed E-state index contributed by atoms with van der Waals surface area (Å²) >= 11 is 12.2. The van der Waals surface area contributed by atoms with Crippen LogP contribution in [0.25, 0.3) is 6.08 Å². The molecule has 0 unspecified atom stereocenters. The first-order valence-electron chi connectivity index (χ1n) is 9.56. The summed E-state index contributed by atoms with van der Waals surface area (Å²) in [7, 11) is 0. The van der Waals surface area contributed by atoms with Crippen molar-refractivity contribution in [2.24, 2.45) is 0 Å². The van der Waals surface area contributed by atoms with Crippen molar-refractivity contribution in [3.05, 3.63) is 98.4 Å². The van der Waals surface area contributed by atoms with Gasteiger partial charge in [-0.2, -0.15) is 0 Å². The van der Waals surface area contributed by atoms with Gasteiger partial charge in [-0.1, -0.05) is 58.4 Å². The van der Waals surface area contributed by atoms with Crippen molar-refractivity contribution in [2.45, 2.75) is 6.61 Å². The van der Waals surface area contributed by atoms with Crippen molar-refractivity contribution < 1.29 is 14.3 Å². The Morgan fingerprint density at radius 2 is 1.66 bits per heavy atom. The second-order valence-electron chi connectivity index (χ2n) is 6.86. The molecule has 0 aliphatic carbocycles. The molecule has 2 amide bonds. The second kappa shape index (κ2) is 9.77. The highest BCUT2D eigenvalue weighted by Gasteiger charge is 2.34. The predicted molar refractivity (Wildman–Crippen MR) is 135 cm³/mol. The van der Waals surface area contributed by atoms with E-state index in [1.165, 1.54) is 11.0 Å². The average molecular weight is 572 g/mol. The number of benzene rings is 3. The van der Waals surface area contributed by atoms with Crippen LogP contribution >= 0.6 is 44.1 Å². The number of hydrogen-bond acceptors (Lipinski definition) is 4. The monoisotopic (exact) mass is 570 g/mol. The SMILES string of the molecule is O=C1NC(=S)N(c2ccccc2)C(=O)/C1=C\c1ccc(OCc2ccccc2Br)c(Br)c1. The number of amides is 2. The van der Waals surface area contributed by atoms with Gasteiger partial charge in [-0.05, 0) is 70.1 Å². The van der Waals surface area contributed by atoms with E-state index in [2.05, 4.69) is 37.2 Å². The molecule has 0 atom stereocenters. The number of nitrogens with one attached hydrogen (secondary N) is 1. The summed E-state index contributed by atoms with van der Waals surface area (Å²) in [6.45, 7) is 0.394. The van der Waals surface area contributed by atoms with E-state index in [0.29, 0.717) is 28.1 Å². The maximum atomic E-state index is 13.1. The van der Waals surface area contributed by atoms with Gasteiger partial charge in [-0.25, -0.2) is 0 Å². The predicted octanol–water partition coefficient (Wildman–Crippen LogP) is 5.62. The van der Waals surface area contributed by atoms with E-state index in [9.17, 15) is 9.59 Å². The van der Waals surface area contributed by atoms with E-state index >= 15 is 0 Å². The lowest BCUT2D eigenvalue weighted by Crippen LogP contribution is -2.54. The van der Waals surface area contributed by atoms with E-state index in [1.807, 2.05) is 30.3 Å². The van der Waals surface area contributed by atoms with Crippen LogP contribution in [-0.4, -0.2) is 16.9 Å². The molecule has 160 valence electrons. The van der Waals surface area contributed by atoms with Crippen LogP contribution in [-0.2, 0) is 16.2 Å². The minimum absolute atomic E-state index is 0.00348. The first-order valence-corrected chi connectivity index (χ1v) is 11.6. The Morgan fingerprint density at radius 3 is 2.38 bits per heavy atom. The number of carbonyl (C=O) groups is 2. The van der Waals surface area contributed by atoms with Crippen LogP contribution in [0.5, 0.6) is 5.75 Å². The van der Waals surface area contributed by atoms with Gasteiger partial charge < -0.3 is 4.74 Å². The lowest BCUT2D eigenvalue weighted by molar-refractivity contribution is -0.122. The standard InChI is InChI=1S/C24H16Br2N2O3S/c25-19-9-5-4-6-16(19)14-31-21-11-10-15(13-20(21)26)12-18-22(29)27-24(32)28(23(18)30)17-7-2-1-3-8-17/h1-13H,14H2,(H,27,29,32)/b18-12-. The molecule has 1 N–H and O–H groups in total. The molecule has 5 nitrogen and oxygen atoms in total. The van der Waals surface area contributed by atoms with Gasteiger partial charge >= 0.3 is 0 Å². The molecule has 3 aromatic carbocycles. The first-order chi connectivity index (χ1) is 15.4. The summed E-state index contributed by atoms with van der Waals surface area (Å²) in [6, 6.07) is 22.2. The van der Waals surface area contributed by atoms with Gasteiger partial charge in [0.15, 0.2) is 5.11 Å². The molecule has 0 bridgehead atoms. The molecule has 0 saturated carbocycles. The van der Waals surface area contributed by atoms with Gasteiger partial charge in [-0.15, -0.1) is 0 Å². The van der Waals surface area contributed by atoms with E-state index in [1.54, 1.807) is 42.5 Å². The summed E-state index contributed by atoms with van der Waals surface area (Å²) in [6.07, 6.45) is 1.54. The fourth-order valence-electron chi connectivity index (χ4n) is 3.13. The number of carbonyl (C=O) groups excluding carboxylic acids is 2.